The third-order valence-corrected chi connectivity index (χ3v) is 11.7. The lowest BCUT2D eigenvalue weighted by Gasteiger charge is -2.41. The van der Waals surface area contributed by atoms with Crippen LogP contribution in [-0.2, 0) is 14.4 Å². The number of aryl methyl sites for hydroxylation is 1. The molecule has 36 heavy (non-hydrogen) atoms. The van der Waals surface area contributed by atoms with Crippen LogP contribution in [0.1, 0.15) is 32.3 Å². The predicted octanol–water partition coefficient (Wildman–Crippen LogP) is 4.12. The number of hydrogen-bond acceptors (Lipinski definition) is 5. The van der Waals surface area contributed by atoms with Crippen LogP contribution in [0.4, 0.5) is 5.69 Å². The Morgan fingerprint density at radius 1 is 1.44 bits per heavy atom. The van der Waals surface area contributed by atoms with E-state index < -0.39 is 34.6 Å². The zero-order valence-electron chi connectivity index (χ0n) is 20.6. The molecular weight excluding hydrogens is 568 g/mol. The van der Waals surface area contributed by atoms with E-state index in [1.165, 1.54) is 16.7 Å². The Morgan fingerprint density at radius 2 is 2.14 bits per heavy atom. The van der Waals surface area contributed by atoms with Crippen LogP contribution in [0, 0.1) is 24.7 Å². The number of rotatable bonds is 9. The molecule has 8 atom stereocenters. The minimum Gasteiger partial charge on any atom is -0.481 e. The summed E-state index contributed by atoms with van der Waals surface area (Å²) in [6.45, 7) is 9.46. The van der Waals surface area contributed by atoms with Gasteiger partial charge in [0.1, 0.15) is 6.04 Å². The summed E-state index contributed by atoms with van der Waals surface area (Å²) in [6.07, 6.45) is 2.78. The SMILES string of the molecule is C=CCN(C(=O)C1N([C@@H](CO)[C@@H](C)CC)C(=O)[C@@H]2[C@H](C(=O)O)[C@H]3SC12CC3Br)c1c(C)cccc1Cl. The molecule has 3 fully saturated rings. The van der Waals surface area contributed by atoms with Gasteiger partial charge in [-0.2, -0.15) is 0 Å². The molecule has 2 N–H and O–H groups in total. The minimum atomic E-state index is -1.03. The molecule has 0 saturated carbocycles. The van der Waals surface area contributed by atoms with E-state index in [4.69, 9.17) is 11.6 Å². The molecule has 0 aromatic heterocycles. The van der Waals surface area contributed by atoms with E-state index in [0.29, 0.717) is 23.6 Å². The first-order valence-electron chi connectivity index (χ1n) is 12.2. The maximum Gasteiger partial charge on any atom is 0.308 e. The number of carbonyl (C=O) groups is 3. The number of carboxylic acids is 1. The lowest BCUT2D eigenvalue weighted by atomic mass is 9.71. The molecular formula is C26H32BrClN2O5S. The van der Waals surface area contributed by atoms with Gasteiger partial charge in [0, 0.05) is 16.6 Å². The van der Waals surface area contributed by atoms with Crippen LogP contribution in [0.25, 0.3) is 0 Å². The quantitative estimate of drug-likeness (QED) is 0.327. The standard InChI is InChI=1S/C26H32BrClN2O5S/c1-5-10-29(20-14(4)8-7-9-16(20)28)24(33)22-26-11-15(27)21(36-26)18(25(34)35)19(26)23(32)30(22)17(12-31)13(3)6-2/h5,7-9,13,15,17-19,21-22,31H,1,6,10-12H2,2-4H3,(H,34,35)/t13-,15?,17-,18-,19-,21-,22?,26?/m0/s1. The number of hydrogen-bond donors (Lipinski definition) is 2. The summed E-state index contributed by atoms with van der Waals surface area (Å²) in [6, 6.07) is 3.83. The number of benzene rings is 1. The molecule has 1 spiro atoms. The van der Waals surface area contributed by atoms with Gasteiger partial charge >= 0.3 is 5.97 Å². The van der Waals surface area contributed by atoms with E-state index >= 15 is 0 Å². The summed E-state index contributed by atoms with van der Waals surface area (Å²) in [4.78, 5) is 44.0. The van der Waals surface area contributed by atoms with E-state index in [1.54, 1.807) is 17.0 Å². The van der Waals surface area contributed by atoms with Gasteiger partial charge in [0.2, 0.25) is 5.91 Å². The van der Waals surface area contributed by atoms with E-state index in [0.717, 1.165) is 5.56 Å². The highest BCUT2D eigenvalue weighted by molar-refractivity contribution is 9.09. The Bertz CT molecular complexity index is 1070. The maximum absolute atomic E-state index is 14.6. The van der Waals surface area contributed by atoms with Crippen molar-refractivity contribution in [2.75, 3.05) is 18.1 Å². The number of alkyl halides is 1. The highest BCUT2D eigenvalue weighted by Crippen LogP contribution is 2.68. The van der Waals surface area contributed by atoms with E-state index in [-0.39, 0.29) is 41.0 Å². The Labute approximate surface area is 229 Å². The van der Waals surface area contributed by atoms with Gasteiger partial charge in [-0.25, -0.2) is 0 Å². The Hall–Kier alpha value is -1.55. The number of halogens is 2. The number of nitrogens with zero attached hydrogens (tertiary/aromatic N) is 2. The molecule has 3 heterocycles. The molecule has 1 aromatic rings. The second kappa shape index (κ2) is 10.3. The summed E-state index contributed by atoms with van der Waals surface area (Å²) in [7, 11) is 0. The molecule has 1 aromatic carbocycles. The fourth-order valence-corrected chi connectivity index (χ4v) is 10.2. The zero-order chi connectivity index (χ0) is 26.5. The number of carboxylic acid groups (broad SMARTS) is 1. The molecule has 2 amide bonds. The molecule has 4 rings (SSSR count). The monoisotopic (exact) mass is 598 g/mol. The molecule has 10 heteroatoms. The van der Waals surface area contributed by atoms with Crippen LogP contribution < -0.4 is 4.90 Å². The van der Waals surface area contributed by atoms with Crippen molar-refractivity contribution in [3.05, 3.63) is 41.4 Å². The van der Waals surface area contributed by atoms with Gasteiger partial charge < -0.3 is 20.0 Å². The van der Waals surface area contributed by atoms with Crippen LogP contribution in [0.5, 0.6) is 0 Å². The van der Waals surface area contributed by atoms with Crippen molar-refractivity contribution < 1.29 is 24.6 Å². The molecule has 3 aliphatic rings. The highest BCUT2D eigenvalue weighted by Gasteiger charge is 2.76. The van der Waals surface area contributed by atoms with Crippen molar-refractivity contribution in [2.45, 2.75) is 60.5 Å². The smallest absolute Gasteiger partial charge is 0.308 e. The fourth-order valence-electron chi connectivity index (χ4n) is 6.33. The lowest BCUT2D eigenvalue weighted by Crippen LogP contribution is -2.59. The van der Waals surface area contributed by atoms with Crippen molar-refractivity contribution in [1.82, 2.24) is 4.90 Å². The number of fused-ring (bicyclic) bond motifs is 1. The largest absolute Gasteiger partial charge is 0.481 e. The highest BCUT2D eigenvalue weighted by atomic mass is 79.9. The zero-order valence-corrected chi connectivity index (χ0v) is 23.7. The normalized spacial score (nSPS) is 32.3. The number of thioether (sulfide) groups is 1. The molecule has 2 bridgehead atoms. The van der Waals surface area contributed by atoms with Crippen LogP contribution in [0.15, 0.2) is 30.9 Å². The van der Waals surface area contributed by atoms with E-state index in [1.807, 2.05) is 32.9 Å². The number of aliphatic hydroxyl groups excluding tert-OH is 1. The average molecular weight is 600 g/mol. The lowest BCUT2D eigenvalue weighted by molar-refractivity contribution is -0.149. The Kier molecular flexibility index (Phi) is 7.87. The average Bonchev–Trinajstić information content (AvgIpc) is 3.42. The maximum atomic E-state index is 14.6. The molecule has 7 nitrogen and oxygen atoms in total. The molecule has 0 aliphatic carbocycles. The van der Waals surface area contributed by atoms with Gasteiger partial charge in [0.15, 0.2) is 0 Å². The third kappa shape index (κ3) is 4.01. The van der Waals surface area contributed by atoms with Crippen molar-refractivity contribution in [3.8, 4) is 0 Å². The Morgan fingerprint density at radius 3 is 2.69 bits per heavy atom. The summed E-state index contributed by atoms with van der Waals surface area (Å²) in [5.41, 5.74) is 1.34. The molecule has 0 radical (unpaired) electrons. The van der Waals surface area contributed by atoms with Gasteiger partial charge in [0.05, 0.1) is 39.9 Å². The first-order valence-corrected chi connectivity index (χ1v) is 14.4. The molecule has 3 saturated heterocycles. The number of amides is 2. The number of para-hydroxylation sites is 1. The number of aliphatic carboxylic acids is 1. The topological polar surface area (TPSA) is 98.2 Å². The van der Waals surface area contributed by atoms with Gasteiger partial charge in [0.25, 0.3) is 5.91 Å². The van der Waals surface area contributed by atoms with Gasteiger partial charge in [-0.05, 0) is 30.9 Å². The van der Waals surface area contributed by atoms with Crippen LogP contribution in [-0.4, -0.2) is 73.0 Å². The molecule has 3 aliphatic heterocycles. The van der Waals surface area contributed by atoms with Gasteiger partial charge in [-0.15, -0.1) is 18.3 Å². The van der Waals surface area contributed by atoms with Crippen LogP contribution >= 0.6 is 39.3 Å². The number of likely N-dealkylation sites (tertiary alicyclic amines) is 1. The van der Waals surface area contributed by atoms with Gasteiger partial charge in [-0.1, -0.05) is 66.0 Å². The first kappa shape index (κ1) is 27.5. The number of aliphatic hydroxyl groups is 1. The van der Waals surface area contributed by atoms with E-state index in [9.17, 15) is 24.6 Å². The Balaban J connectivity index is 1.91. The van der Waals surface area contributed by atoms with Crippen molar-refractivity contribution in [1.29, 1.82) is 0 Å². The molecule has 196 valence electrons. The van der Waals surface area contributed by atoms with Crippen molar-refractivity contribution >= 4 is 62.8 Å². The number of anilines is 1. The summed E-state index contributed by atoms with van der Waals surface area (Å²) < 4.78 is -0.925. The second-order valence-corrected chi connectivity index (χ2v) is 13.1. The second-order valence-electron chi connectivity index (χ2n) is 10.0. The fraction of sp³-hybridized carbons (Fsp3) is 0.577. The summed E-state index contributed by atoms with van der Waals surface area (Å²) in [5.74, 6) is -3.56. The van der Waals surface area contributed by atoms with Crippen molar-refractivity contribution in [2.24, 2.45) is 17.8 Å². The predicted molar refractivity (Wildman–Crippen MR) is 146 cm³/mol. The minimum absolute atomic E-state index is 0.0929. The molecule has 3 unspecified atom stereocenters. The summed E-state index contributed by atoms with van der Waals surface area (Å²) in [5, 5.41) is 20.6. The van der Waals surface area contributed by atoms with Gasteiger partial charge in [-0.3, -0.25) is 14.4 Å². The van der Waals surface area contributed by atoms with Crippen LogP contribution in [0.3, 0.4) is 0 Å². The first-order chi connectivity index (χ1) is 17.0. The van der Waals surface area contributed by atoms with Crippen LogP contribution in [0.2, 0.25) is 5.02 Å². The summed E-state index contributed by atoms with van der Waals surface area (Å²) >= 11 is 11.7. The number of carbonyl (C=O) groups excluding carboxylic acids is 2. The van der Waals surface area contributed by atoms with E-state index in [2.05, 4.69) is 22.5 Å². The third-order valence-electron chi connectivity index (χ3n) is 8.13. The van der Waals surface area contributed by atoms with Crippen molar-refractivity contribution in [3.63, 3.8) is 0 Å².